The quantitative estimate of drug-likeness (QED) is 0.824. The number of sulfone groups is 1. The molecule has 5 nitrogen and oxygen atoms in total. The second-order valence-corrected chi connectivity index (χ2v) is 8.63. The lowest BCUT2D eigenvalue weighted by Gasteiger charge is -2.23. The van der Waals surface area contributed by atoms with Gasteiger partial charge < -0.3 is 14.2 Å². The van der Waals surface area contributed by atoms with Crippen molar-refractivity contribution in [3.05, 3.63) is 30.3 Å². The lowest BCUT2D eigenvalue weighted by Crippen LogP contribution is -2.28. The molecule has 23 heavy (non-hydrogen) atoms. The zero-order valence-electron chi connectivity index (χ0n) is 13.6. The van der Waals surface area contributed by atoms with Gasteiger partial charge in [-0.2, -0.15) is 0 Å². The first kappa shape index (κ1) is 16.9. The molecule has 0 bridgehead atoms. The minimum absolute atomic E-state index is 0.0712. The lowest BCUT2D eigenvalue weighted by atomic mass is 10.1. The third-order valence-corrected chi connectivity index (χ3v) is 7.02. The van der Waals surface area contributed by atoms with Crippen LogP contribution in [0.5, 0.6) is 0 Å². The van der Waals surface area contributed by atoms with Crippen LogP contribution in [0.2, 0.25) is 0 Å². The molecule has 2 fully saturated rings. The van der Waals surface area contributed by atoms with E-state index in [0.717, 1.165) is 6.42 Å². The van der Waals surface area contributed by atoms with Crippen molar-refractivity contribution in [3.8, 4) is 0 Å². The summed E-state index contributed by atoms with van der Waals surface area (Å²) in [7, 11) is -3.36. The Balaban J connectivity index is 1.64. The summed E-state index contributed by atoms with van der Waals surface area (Å²) >= 11 is 0. The van der Waals surface area contributed by atoms with E-state index in [2.05, 4.69) is 0 Å². The highest BCUT2D eigenvalue weighted by molar-refractivity contribution is 7.92. The minimum atomic E-state index is -3.36. The lowest BCUT2D eigenvalue weighted by molar-refractivity contribution is -0.152. The Hall–Kier alpha value is -0.950. The molecule has 2 heterocycles. The number of ether oxygens (including phenoxy) is 3. The van der Waals surface area contributed by atoms with Gasteiger partial charge in [0.1, 0.15) is 0 Å². The van der Waals surface area contributed by atoms with E-state index in [1.54, 1.807) is 24.3 Å². The van der Waals surface area contributed by atoms with Gasteiger partial charge >= 0.3 is 0 Å². The number of benzene rings is 1. The van der Waals surface area contributed by atoms with E-state index in [1.165, 1.54) is 0 Å². The van der Waals surface area contributed by atoms with Crippen molar-refractivity contribution >= 4 is 9.84 Å². The summed E-state index contributed by atoms with van der Waals surface area (Å²) in [5.41, 5.74) is 0. The summed E-state index contributed by atoms with van der Waals surface area (Å²) in [6.07, 6.45) is 1.60. The van der Waals surface area contributed by atoms with E-state index < -0.39 is 20.9 Å². The zero-order chi connectivity index (χ0) is 16.5. The van der Waals surface area contributed by atoms with Gasteiger partial charge in [0.2, 0.25) is 0 Å². The van der Waals surface area contributed by atoms with E-state index in [9.17, 15) is 8.42 Å². The SMILES string of the molecule is C[C@H]1O[C@H](CCC2(C)OCCO2)C[C@@H]1S(=O)(=O)c1ccccc1. The molecule has 2 aliphatic heterocycles. The van der Waals surface area contributed by atoms with Gasteiger partial charge in [-0.3, -0.25) is 0 Å². The van der Waals surface area contributed by atoms with Crippen molar-refractivity contribution in [2.24, 2.45) is 0 Å². The molecule has 1 aromatic rings. The molecule has 128 valence electrons. The number of hydrogen-bond donors (Lipinski definition) is 0. The first-order valence-corrected chi connectivity index (χ1v) is 9.68. The third kappa shape index (κ3) is 3.60. The summed E-state index contributed by atoms with van der Waals surface area (Å²) in [6, 6.07) is 8.62. The van der Waals surface area contributed by atoms with E-state index in [-0.39, 0.29) is 12.2 Å². The summed E-state index contributed by atoms with van der Waals surface area (Å²) in [4.78, 5) is 0.371. The van der Waals surface area contributed by atoms with Gasteiger partial charge in [-0.1, -0.05) is 18.2 Å². The first-order valence-electron chi connectivity index (χ1n) is 8.13. The Labute approximate surface area is 137 Å². The van der Waals surface area contributed by atoms with Gasteiger partial charge in [0.25, 0.3) is 0 Å². The topological polar surface area (TPSA) is 61.8 Å². The highest BCUT2D eigenvalue weighted by Crippen LogP contribution is 2.34. The molecule has 3 rings (SSSR count). The molecule has 0 N–H and O–H groups in total. The Morgan fingerprint density at radius 1 is 1.17 bits per heavy atom. The van der Waals surface area contributed by atoms with Gasteiger partial charge in [0.15, 0.2) is 15.6 Å². The van der Waals surface area contributed by atoms with E-state index in [1.807, 2.05) is 19.9 Å². The summed E-state index contributed by atoms with van der Waals surface area (Å²) < 4.78 is 42.7. The molecule has 0 saturated carbocycles. The monoisotopic (exact) mass is 340 g/mol. The maximum absolute atomic E-state index is 12.8. The van der Waals surface area contributed by atoms with Crippen LogP contribution < -0.4 is 0 Å². The van der Waals surface area contributed by atoms with Gasteiger partial charge in [0, 0.05) is 6.42 Å². The third-order valence-electron chi connectivity index (χ3n) is 4.71. The van der Waals surface area contributed by atoms with E-state index in [4.69, 9.17) is 14.2 Å². The fourth-order valence-electron chi connectivity index (χ4n) is 3.37. The molecule has 2 saturated heterocycles. The second kappa shape index (κ2) is 6.51. The highest BCUT2D eigenvalue weighted by atomic mass is 32.2. The molecule has 0 aromatic heterocycles. The molecule has 1 aromatic carbocycles. The van der Waals surface area contributed by atoms with Crippen LogP contribution in [0.4, 0.5) is 0 Å². The maximum atomic E-state index is 12.8. The first-order chi connectivity index (χ1) is 10.9. The van der Waals surface area contributed by atoms with Crippen molar-refractivity contribution in [3.63, 3.8) is 0 Å². The van der Waals surface area contributed by atoms with Crippen molar-refractivity contribution in [1.29, 1.82) is 0 Å². The van der Waals surface area contributed by atoms with Crippen LogP contribution in [-0.2, 0) is 24.0 Å². The Morgan fingerprint density at radius 3 is 2.48 bits per heavy atom. The molecule has 3 atom stereocenters. The van der Waals surface area contributed by atoms with Gasteiger partial charge in [-0.05, 0) is 38.8 Å². The predicted octanol–water partition coefficient (Wildman–Crippen LogP) is 2.55. The van der Waals surface area contributed by atoms with Crippen LogP contribution in [0, 0.1) is 0 Å². The standard InChI is InChI=1S/C17H24O5S/c1-13-16(23(18,19)15-6-4-3-5-7-15)12-14(22-13)8-9-17(2)20-10-11-21-17/h3-7,13-14,16H,8-12H2,1-2H3/t13-,14-,16+/m1/s1. The molecule has 0 aliphatic carbocycles. The van der Waals surface area contributed by atoms with Gasteiger partial charge in [-0.25, -0.2) is 8.42 Å². The second-order valence-electron chi connectivity index (χ2n) is 6.46. The average Bonchev–Trinajstić information content (AvgIpc) is 3.13. The van der Waals surface area contributed by atoms with Crippen LogP contribution in [-0.4, -0.2) is 44.9 Å². The van der Waals surface area contributed by atoms with Crippen LogP contribution in [0.1, 0.15) is 33.1 Å². The Bertz CT molecular complexity index is 622. The highest BCUT2D eigenvalue weighted by Gasteiger charge is 2.42. The largest absolute Gasteiger partial charge is 0.374 e. The van der Waals surface area contributed by atoms with Gasteiger partial charge in [0.05, 0.1) is 35.6 Å². The fraction of sp³-hybridized carbons (Fsp3) is 0.647. The Kier molecular flexibility index (Phi) is 4.78. The molecule has 0 spiro atoms. The van der Waals surface area contributed by atoms with Crippen molar-refractivity contribution < 1.29 is 22.6 Å². The van der Waals surface area contributed by atoms with Crippen LogP contribution >= 0.6 is 0 Å². The minimum Gasteiger partial charge on any atom is -0.374 e. The van der Waals surface area contributed by atoms with Crippen LogP contribution in [0.15, 0.2) is 35.2 Å². The molecule has 0 radical (unpaired) electrons. The molecular weight excluding hydrogens is 316 g/mol. The molecular formula is C17H24O5S. The fourth-order valence-corrected chi connectivity index (χ4v) is 5.29. The summed E-state index contributed by atoms with van der Waals surface area (Å²) in [5.74, 6) is -0.553. The Morgan fingerprint density at radius 2 is 1.83 bits per heavy atom. The smallest absolute Gasteiger partial charge is 0.183 e. The van der Waals surface area contributed by atoms with Crippen LogP contribution in [0.3, 0.4) is 0 Å². The molecule has 0 amide bonds. The van der Waals surface area contributed by atoms with Crippen molar-refractivity contribution in [2.45, 2.75) is 61.3 Å². The predicted molar refractivity (Wildman–Crippen MR) is 85.9 cm³/mol. The van der Waals surface area contributed by atoms with Gasteiger partial charge in [-0.15, -0.1) is 0 Å². The van der Waals surface area contributed by atoms with Crippen molar-refractivity contribution in [2.75, 3.05) is 13.2 Å². The zero-order valence-corrected chi connectivity index (χ0v) is 14.4. The van der Waals surface area contributed by atoms with E-state index in [0.29, 0.717) is 31.0 Å². The van der Waals surface area contributed by atoms with Crippen LogP contribution in [0.25, 0.3) is 0 Å². The maximum Gasteiger partial charge on any atom is 0.183 e. The number of hydrogen-bond acceptors (Lipinski definition) is 5. The van der Waals surface area contributed by atoms with Crippen molar-refractivity contribution in [1.82, 2.24) is 0 Å². The van der Waals surface area contributed by atoms with E-state index >= 15 is 0 Å². The normalized spacial score (nSPS) is 30.6. The average molecular weight is 340 g/mol. The summed E-state index contributed by atoms with van der Waals surface area (Å²) in [6.45, 7) is 5.00. The molecule has 6 heteroatoms. The summed E-state index contributed by atoms with van der Waals surface area (Å²) in [5, 5.41) is -0.492. The molecule has 2 aliphatic rings. The molecule has 0 unspecified atom stereocenters. The number of rotatable bonds is 5.